The molecule has 0 radical (unpaired) electrons. The highest BCUT2D eigenvalue weighted by Crippen LogP contribution is 2.16. The molecule has 0 aromatic heterocycles. The predicted octanol–water partition coefficient (Wildman–Crippen LogP) is 3.77. The zero-order valence-electron chi connectivity index (χ0n) is 12.3. The van der Waals surface area contributed by atoms with Crippen LogP contribution in [0.3, 0.4) is 0 Å². The average Bonchev–Trinajstić information content (AvgIpc) is 2.54. The first kappa shape index (κ1) is 15.4. The number of carbonyl (C=O) groups excluding carboxylic acids is 1. The second-order valence-electron chi connectivity index (χ2n) is 4.64. The number of hydrogen-bond acceptors (Lipinski definition) is 3. The van der Waals surface area contributed by atoms with Crippen molar-refractivity contribution in [2.75, 3.05) is 18.1 Å². The minimum Gasteiger partial charge on any atom is -0.381 e. The second kappa shape index (κ2) is 7.74. The number of thioether (sulfide) groups is 1. The Morgan fingerprint density at radius 2 is 1.90 bits per heavy atom. The van der Waals surface area contributed by atoms with Crippen LogP contribution in [0.2, 0.25) is 0 Å². The number of anilines is 1. The molecule has 0 atom stereocenters. The first-order chi connectivity index (χ1) is 10.2. The molecule has 2 aromatic rings. The normalized spacial score (nSPS) is 10.2. The Balaban J connectivity index is 1.99. The van der Waals surface area contributed by atoms with Crippen molar-refractivity contribution < 1.29 is 4.79 Å². The maximum absolute atomic E-state index is 11.8. The van der Waals surface area contributed by atoms with Gasteiger partial charge < -0.3 is 10.6 Å². The van der Waals surface area contributed by atoms with Gasteiger partial charge in [0.2, 0.25) is 0 Å². The number of carbonyl (C=O) groups is 1. The van der Waals surface area contributed by atoms with Crippen molar-refractivity contribution in [2.45, 2.75) is 18.4 Å². The number of amides is 1. The lowest BCUT2D eigenvalue weighted by molar-refractivity contribution is 0.0956. The molecule has 0 unspecified atom stereocenters. The smallest absolute Gasteiger partial charge is 0.251 e. The average molecular weight is 300 g/mol. The molecule has 0 bridgehead atoms. The monoisotopic (exact) mass is 300 g/mol. The van der Waals surface area contributed by atoms with Crippen molar-refractivity contribution >= 4 is 23.4 Å². The van der Waals surface area contributed by atoms with Crippen molar-refractivity contribution in [3.05, 3.63) is 59.7 Å². The molecule has 4 heteroatoms. The Labute approximate surface area is 130 Å². The summed E-state index contributed by atoms with van der Waals surface area (Å²) in [4.78, 5) is 13.1. The third-order valence-electron chi connectivity index (χ3n) is 3.12. The molecular weight excluding hydrogens is 280 g/mol. The van der Waals surface area contributed by atoms with Crippen LogP contribution >= 0.6 is 11.8 Å². The minimum atomic E-state index is -0.0366. The van der Waals surface area contributed by atoms with Gasteiger partial charge in [0.1, 0.15) is 0 Å². The summed E-state index contributed by atoms with van der Waals surface area (Å²) in [5.41, 5.74) is 2.85. The largest absolute Gasteiger partial charge is 0.381 e. The quantitative estimate of drug-likeness (QED) is 0.798. The van der Waals surface area contributed by atoms with Gasteiger partial charge in [-0.15, -0.1) is 11.8 Å². The molecule has 0 aliphatic carbocycles. The molecule has 1 amide bonds. The van der Waals surface area contributed by atoms with Crippen LogP contribution in [0.5, 0.6) is 0 Å². The van der Waals surface area contributed by atoms with Crippen LogP contribution in [-0.4, -0.2) is 18.7 Å². The van der Waals surface area contributed by atoms with Gasteiger partial charge in [-0.25, -0.2) is 0 Å². The Morgan fingerprint density at radius 3 is 2.57 bits per heavy atom. The fourth-order valence-corrected chi connectivity index (χ4v) is 2.39. The molecule has 0 saturated heterocycles. The number of benzene rings is 2. The van der Waals surface area contributed by atoms with E-state index in [0.717, 1.165) is 12.2 Å². The highest BCUT2D eigenvalue weighted by atomic mass is 32.2. The Kier molecular flexibility index (Phi) is 5.69. The van der Waals surface area contributed by atoms with Crippen molar-refractivity contribution in [1.82, 2.24) is 5.32 Å². The molecule has 0 aliphatic heterocycles. The summed E-state index contributed by atoms with van der Waals surface area (Å²) in [5.74, 6) is -0.0366. The fraction of sp³-hybridized carbons (Fsp3) is 0.235. The Morgan fingerprint density at radius 1 is 1.14 bits per heavy atom. The zero-order chi connectivity index (χ0) is 15.1. The van der Waals surface area contributed by atoms with E-state index in [1.807, 2.05) is 31.2 Å². The van der Waals surface area contributed by atoms with E-state index in [2.05, 4.69) is 41.2 Å². The van der Waals surface area contributed by atoms with E-state index in [1.54, 1.807) is 11.8 Å². The molecule has 3 nitrogen and oxygen atoms in total. The maximum Gasteiger partial charge on any atom is 0.251 e. The highest BCUT2D eigenvalue weighted by molar-refractivity contribution is 7.98. The zero-order valence-corrected chi connectivity index (χ0v) is 13.2. The summed E-state index contributed by atoms with van der Waals surface area (Å²) in [6.07, 6.45) is 2.07. The molecule has 0 heterocycles. The summed E-state index contributed by atoms with van der Waals surface area (Å²) in [7, 11) is 0. The standard InChI is InChI=1S/C17H20N2OS/c1-3-18-17(20)14-5-4-6-15(11-14)19-12-13-7-9-16(21-2)10-8-13/h4-11,19H,3,12H2,1-2H3,(H,18,20). The third kappa shape index (κ3) is 4.53. The van der Waals surface area contributed by atoms with Gasteiger partial charge in [-0.05, 0) is 49.1 Å². The van der Waals surface area contributed by atoms with Gasteiger partial charge >= 0.3 is 0 Å². The number of rotatable bonds is 6. The molecule has 110 valence electrons. The van der Waals surface area contributed by atoms with Crippen molar-refractivity contribution in [1.29, 1.82) is 0 Å². The van der Waals surface area contributed by atoms with E-state index < -0.39 is 0 Å². The first-order valence-electron chi connectivity index (χ1n) is 6.98. The summed E-state index contributed by atoms with van der Waals surface area (Å²) >= 11 is 1.74. The maximum atomic E-state index is 11.8. The van der Waals surface area contributed by atoms with E-state index in [0.29, 0.717) is 12.1 Å². The van der Waals surface area contributed by atoms with E-state index in [4.69, 9.17) is 0 Å². The van der Waals surface area contributed by atoms with Gasteiger partial charge in [-0.2, -0.15) is 0 Å². The van der Waals surface area contributed by atoms with Crippen molar-refractivity contribution in [3.63, 3.8) is 0 Å². The van der Waals surface area contributed by atoms with E-state index in [1.165, 1.54) is 10.5 Å². The third-order valence-corrected chi connectivity index (χ3v) is 3.86. The molecule has 2 N–H and O–H groups in total. The lowest BCUT2D eigenvalue weighted by Crippen LogP contribution is -2.22. The second-order valence-corrected chi connectivity index (χ2v) is 5.52. The SMILES string of the molecule is CCNC(=O)c1cccc(NCc2ccc(SC)cc2)c1. The molecule has 0 aliphatic rings. The minimum absolute atomic E-state index is 0.0366. The Hall–Kier alpha value is -1.94. The van der Waals surface area contributed by atoms with Crippen LogP contribution in [0.15, 0.2) is 53.4 Å². The highest BCUT2D eigenvalue weighted by Gasteiger charge is 2.04. The van der Waals surface area contributed by atoms with Gasteiger partial charge in [0.25, 0.3) is 5.91 Å². The molecule has 2 rings (SSSR count). The van der Waals surface area contributed by atoms with Crippen LogP contribution in [0.1, 0.15) is 22.8 Å². The molecule has 0 fully saturated rings. The molecular formula is C17H20N2OS. The van der Waals surface area contributed by atoms with Crippen LogP contribution < -0.4 is 10.6 Å². The lowest BCUT2D eigenvalue weighted by Gasteiger charge is -2.09. The van der Waals surface area contributed by atoms with Gasteiger partial charge in [0.05, 0.1) is 0 Å². The van der Waals surface area contributed by atoms with Gasteiger partial charge in [-0.1, -0.05) is 18.2 Å². The van der Waals surface area contributed by atoms with E-state index in [9.17, 15) is 4.79 Å². The fourth-order valence-electron chi connectivity index (χ4n) is 1.98. The summed E-state index contributed by atoms with van der Waals surface area (Å²) in [6, 6.07) is 16.0. The lowest BCUT2D eigenvalue weighted by atomic mass is 10.1. The predicted molar refractivity (Wildman–Crippen MR) is 90.0 cm³/mol. The molecule has 0 saturated carbocycles. The van der Waals surface area contributed by atoms with E-state index in [-0.39, 0.29) is 5.91 Å². The summed E-state index contributed by atoms with van der Waals surface area (Å²) < 4.78 is 0. The van der Waals surface area contributed by atoms with Crippen LogP contribution in [0.25, 0.3) is 0 Å². The molecule has 2 aromatic carbocycles. The van der Waals surface area contributed by atoms with Gasteiger partial charge in [0.15, 0.2) is 0 Å². The Bertz CT molecular complexity index is 596. The van der Waals surface area contributed by atoms with Crippen molar-refractivity contribution in [3.8, 4) is 0 Å². The summed E-state index contributed by atoms with van der Waals surface area (Å²) in [5, 5.41) is 6.16. The molecule has 21 heavy (non-hydrogen) atoms. The van der Waals surface area contributed by atoms with Crippen LogP contribution in [-0.2, 0) is 6.54 Å². The molecule has 0 spiro atoms. The van der Waals surface area contributed by atoms with E-state index >= 15 is 0 Å². The van der Waals surface area contributed by atoms with Gasteiger partial charge in [0, 0.05) is 29.2 Å². The van der Waals surface area contributed by atoms with Crippen LogP contribution in [0.4, 0.5) is 5.69 Å². The topological polar surface area (TPSA) is 41.1 Å². The number of nitrogens with one attached hydrogen (secondary N) is 2. The number of hydrogen-bond donors (Lipinski definition) is 2. The first-order valence-corrected chi connectivity index (χ1v) is 8.20. The van der Waals surface area contributed by atoms with Gasteiger partial charge in [-0.3, -0.25) is 4.79 Å². The summed E-state index contributed by atoms with van der Waals surface area (Å²) in [6.45, 7) is 3.30. The van der Waals surface area contributed by atoms with Crippen LogP contribution in [0, 0.1) is 0 Å². The van der Waals surface area contributed by atoms with Crippen molar-refractivity contribution in [2.24, 2.45) is 0 Å².